The van der Waals surface area contributed by atoms with Gasteiger partial charge < -0.3 is 4.57 Å². The maximum Gasteiger partial charge on any atom is 0.258 e. The van der Waals surface area contributed by atoms with Crippen LogP contribution >= 0.6 is 0 Å². The number of benzene rings is 1. The topological polar surface area (TPSA) is 81.7 Å². The van der Waals surface area contributed by atoms with Gasteiger partial charge in [-0.15, -0.1) is 10.2 Å². The number of para-hydroxylation sites is 1. The van der Waals surface area contributed by atoms with Crippen molar-refractivity contribution in [3.05, 3.63) is 24.3 Å². The van der Waals surface area contributed by atoms with Gasteiger partial charge in [-0.2, -0.15) is 4.98 Å². The fourth-order valence-electron chi connectivity index (χ4n) is 2.69. The predicted octanol–water partition coefficient (Wildman–Crippen LogP) is 2.85. The van der Waals surface area contributed by atoms with Crippen LogP contribution in [0.2, 0.25) is 0 Å². The SMILES string of the molecule is CCCCCCn1c2ccccc2c2nnc(NN)nc21. The first-order chi connectivity index (χ1) is 10.3. The van der Waals surface area contributed by atoms with Crippen LogP contribution in [0.5, 0.6) is 0 Å². The minimum absolute atomic E-state index is 0.347. The lowest BCUT2D eigenvalue weighted by Crippen LogP contribution is -2.12. The Labute approximate surface area is 123 Å². The van der Waals surface area contributed by atoms with Crippen molar-refractivity contribution in [2.45, 2.75) is 39.2 Å². The summed E-state index contributed by atoms with van der Waals surface area (Å²) in [6, 6.07) is 8.22. The highest BCUT2D eigenvalue weighted by atomic mass is 15.4. The highest BCUT2D eigenvalue weighted by molar-refractivity contribution is 6.04. The van der Waals surface area contributed by atoms with Crippen LogP contribution in [0.15, 0.2) is 24.3 Å². The molecule has 6 nitrogen and oxygen atoms in total. The normalized spacial score (nSPS) is 11.3. The van der Waals surface area contributed by atoms with Gasteiger partial charge in [-0.25, -0.2) is 5.84 Å². The molecule has 3 N–H and O–H groups in total. The molecule has 3 rings (SSSR count). The van der Waals surface area contributed by atoms with E-state index in [-0.39, 0.29) is 0 Å². The second-order valence-electron chi connectivity index (χ2n) is 5.18. The summed E-state index contributed by atoms with van der Waals surface area (Å²) in [6.45, 7) is 3.16. The quantitative estimate of drug-likeness (QED) is 0.413. The number of hydrogen-bond donors (Lipinski definition) is 2. The number of hydrogen-bond acceptors (Lipinski definition) is 5. The van der Waals surface area contributed by atoms with Crippen LogP contribution in [0.3, 0.4) is 0 Å². The molecular weight excluding hydrogens is 264 g/mol. The fourth-order valence-corrected chi connectivity index (χ4v) is 2.69. The molecule has 2 heterocycles. The minimum atomic E-state index is 0.347. The third kappa shape index (κ3) is 2.54. The van der Waals surface area contributed by atoms with E-state index in [2.05, 4.69) is 44.2 Å². The van der Waals surface area contributed by atoms with Gasteiger partial charge in [0, 0.05) is 11.9 Å². The molecule has 0 amide bonds. The van der Waals surface area contributed by atoms with Crippen LogP contribution < -0.4 is 11.3 Å². The van der Waals surface area contributed by atoms with E-state index in [1.54, 1.807) is 0 Å². The molecule has 0 unspecified atom stereocenters. The Hall–Kier alpha value is -2.21. The number of aromatic nitrogens is 4. The number of nitrogens with one attached hydrogen (secondary N) is 1. The molecule has 0 atom stereocenters. The number of anilines is 1. The van der Waals surface area contributed by atoms with Crippen molar-refractivity contribution in [3.63, 3.8) is 0 Å². The average molecular weight is 284 g/mol. The van der Waals surface area contributed by atoms with Crippen molar-refractivity contribution < 1.29 is 0 Å². The van der Waals surface area contributed by atoms with E-state index in [1.165, 1.54) is 19.3 Å². The lowest BCUT2D eigenvalue weighted by atomic mass is 10.2. The van der Waals surface area contributed by atoms with Gasteiger partial charge in [0.05, 0.1) is 5.52 Å². The van der Waals surface area contributed by atoms with E-state index >= 15 is 0 Å². The summed E-state index contributed by atoms with van der Waals surface area (Å²) in [7, 11) is 0. The first kappa shape index (κ1) is 13.8. The summed E-state index contributed by atoms with van der Waals surface area (Å²) in [4.78, 5) is 4.48. The molecule has 0 aliphatic carbocycles. The molecule has 0 spiro atoms. The summed E-state index contributed by atoms with van der Waals surface area (Å²) in [6.07, 6.45) is 4.86. The van der Waals surface area contributed by atoms with Crippen LogP contribution in [0.25, 0.3) is 22.1 Å². The maximum absolute atomic E-state index is 5.40. The highest BCUT2D eigenvalue weighted by Crippen LogP contribution is 2.26. The number of nitrogen functional groups attached to an aromatic ring is 1. The lowest BCUT2D eigenvalue weighted by molar-refractivity contribution is 0.600. The number of fused-ring (bicyclic) bond motifs is 3. The molecule has 0 saturated carbocycles. The predicted molar refractivity (Wildman–Crippen MR) is 84.8 cm³/mol. The Morgan fingerprint density at radius 3 is 2.81 bits per heavy atom. The zero-order chi connectivity index (χ0) is 14.7. The number of unbranched alkanes of at least 4 members (excludes halogenated alkanes) is 3. The summed E-state index contributed by atoms with van der Waals surface area (Å²) < 4.78 is 2.22. The Balaban J connectivity index is 2.08. The Bertz CT molecular complexity index is 748. The number of hydrazine groups is 1. The van der Waals surface area contributed by atoms with Gasteiger partial charge in [-0.05, 0) is 12.5 Å². The van der Waals surface area contributed by atoms with Crippen molar-refractivity contribution in [2.75, 3.05) is 5.43 Å². The molecule has 1 aromatic carbocycles. The molecule has 0 bridgehead atoms. The van der Waals surface area contributed by atoms with E-state index in [9.17, 15) is 0 Å². The van der Waals surface area contributed by atoms with Gasteiger partial charge in [0.25, 0.3) is 5.95 Å². The van der Waals surface area contributed by atoms with E-state index in [0.29, 0.717) is 5.95 Å². The number of nitrogens with zero attached hydrogens (tertiary/aromatic N) is 4. The second kappa shape index (κ2) is 6.05. The largest absolute Gasteiger partial charge is 0.324 e. The highest BCUT2D eigenvalue weighted by Gasteiger charge is 2.13. The van der Waals surface area contributed by atoms with E-state index in [4.69, 9.17) is 5.84 Å². The monoisotopic (exact) mass is 284 g/mol. The molecule has 0 aliphatic rings. The molecular formula is C15H20N6. The lowest BCUT2D eigenvalue weighted by Gasteiger charge is -2.06. The molecule has 0 radical (unpaired) electrons. The minimum Gasteiger partial charge on any atom is -0.324 e. The van der Waals surface area contributed by atoms with E-state index < -0.39 is 0 Å². The third-order valence-electron chi connectivity index (χ3n) is 3.74. The first-order valence-corrected chi connectivity index (χ1v) is 7.43. The first-order valence-electron chi connectivity index (χ1n) is 7.43. The van der Waals surface area contributed by atoms with Crippen LogP contribution in [-0.2, 0) is 6.54 Å². The summed E-state index contributed by atoms with van der Waals surface area (Å²) in [5, 5.41) is 9.35. The van der Waals surface area contributed by atoms with Gasteiger partial charge >= 0.3 is 0 Å². The Morgan fingerprint density at radius 2 is 2.00 bits per heavy atom. The van der Waals surface area contributed by atoms with Gasteiger partial charge in [0.2, 0.25) is 0 Å². The van der Waals surface area contributed by atoms with Crippen LogP contribution in [0.1, 0.15) is 32.6 Å². The molecule has 2 aromatic heterocycles. The zero-order valence-electron chi connectivity index (χ0n) is 12.2. The average Bonchev–Trinajstić information content (AvgIpc) is 2.85. The Morgan fingerprint density at radius 1 is 1.14 bits per heavy atom. The summed E-state index contributed by atoms with van der Waals surface area (Å²) in [5.41, 5.74) is 5.30. The molecule has 0 saturated heterocycles. The van der Waals surface area contributed by atoms with Crippen molar-refractivity contribution in [1.82, 2.24) is 19.7 Å². The van der Waals surface area contributed by atoms with Crippen LogP contribution in [-0.4, -0.2) is 19.7 Å². The second-order valence-corrected chi connectivity index (χ2v) is 5.18. The third-order valence-corrected chi connectivity index (χ3v) is 3.74. The van der Waals surface area contributed by atoms with Crippen LogP contribution in [0, 0.1) is 0 Å². The summed E-state index contributed by atoms with van der Waals surface area (Å²) in [5.74, 6) is 5.75. The Kier molecular flexibility index (Phi) is 3.96. The molecule has 6 heteroatoms. The number of nitrogens with two attached hydrogens (primary N) is 1. The van der Waals surface area contributed by atoms with E-state index in [0.717, 1.165) is 35.0 Å². The molecule has 21 heavy (non-hydrogen) atoms. The molecule has 3 aromatic rings. The van der Waals surface area contributed by atoms with Crippen molar-refractivity contribution >= 4 is 28.0 Å². The zero-order valence-corrected chi connectivity index (χ0v) is 12.2. The number of aryl methyl sites for hydroxylation is 1. The van der Waals surface area contributed by atoms with Crippen molar-refractivity contribution in [3.8, 4) is 0 Å². The van der Waals surface area contributed by atoms with Crippen molar-refractivity contribution in [1.29, 1.82) is 0 Å². The van der Waals surface area contributed by atoms with Crippen LogP contribution in [0.4, 0.5) is 5.95 Å². The van der Waals surface area contributed by atoms with Crippen molar-refractivity contribution in [2.24, 2.45) is 5.84 Å². The molecule has 0 aliphatic heterocycles. The number of rotatable bonds is 6. The van der Waals surface area contributed by atoms with E-state index in [1.807, 2.05) is 12.1 Å². The summed E-state index contributed by atoms with van der Waals surface area (Å²) >= 11 is 0. The van der Waals surface area contributed by atoms with Gasteiger partial charge in [0.1, 0.15) is 5.52 Å². The molecule has 110 valence electrons. The van der Waals surface area contributed by atoms with Gasteiger partial charge in [-0.3, -0.25) is 5.43 Å². The fraction of sp³-hybridized carbons (Fsp3) is 0.400. The molecule has 0 fully saturated rings. The maximum atomic E-state index is 5.40. The van der Waals surface area contributed by atoms with Gasteiger partial charge in [-0.1, -0.05) is 44.4 Å². The standard InChI is InChI=1S/C15H20N6/c1-2-3-4-7-10-21-12-9-6-5-8-11(12)13-14(21)17-15(18-16)20-19-13/h5-6,8-9H,2-4,7,10,16H2,1H3,(H,17,18,20). The van der Waals surface area contributed by atoms with Gasteiger partial charge in [0.15, 0.2) is 5.65 Å². The smallest absolute Gasteiger partial charge is 0.258 e.